The first-order valence-corrected chi connectivity index (χ1v) is 11.4. The molecule has 1 fully saturated rings. The molecule has 33 heavy (non-hydrogen) atoms. The van der Waals surface area contributed by atoms with Gasteiger partial charge in [0.15, 0.2) is 6.61 Å². The summed E-state index contributed by atoms with van der Waals surface area (Å²) in [4.78, 5) is 33.2. The highest BCUT2D eigenvalue weighted by molar-refractivity contribution is 7.10. The van der Waals surface area contributed by atoms with E-state index in [1.165, 1.54) is 12.1 Å². The molecular formula is C24H20FN3O4S. The lowest BCUT2D eigenvalue weighted by Gasteiger charge is -2.23. The number of carbonyl (C=O) groups excluding carboxylic acids is 2. The van der Waals surface area contributed by atoms with E-state index >= 15 is 0 Å². The highest BCUT2D eigenvalue weighted by Crippen LogP contribution is 2.34. The van der Waals surface area contributed by atoms with E-state index < -0.39 is 5.97 Å². The third-order valence-electron chi connectivity index (χ3n) is 5.75. The van der Waals surface area contributed by atoms with Crippen LogP contribution in [0.25, 0.3) is 22.4 Å². The molecule has 0 bridgehead atoms. The fourth-order valence-corrected chi connectivity index (χ4v) is 5.03. The quantitative estimate of drug-likeness (QED) is 0.389. The summed E-state index contributed by atoms with van der Waals surface area (Å²) in [5, 5.41) is 6.32. The van der Waals surface area contributed by atoms with Crippen molar-refractivity contribution in [3.05, 3.63) is 69.8 Å². The van der Waals surface area contributed by atoms with Gasteiger partial charge in [0.25, 0.3) is 11.6 Å². The van der Waals surface area contributed by atoms with E-state index in [-0.39, 0.29) is 35.7 Å². The van der Waals surface area contributed by atoms with Crippen LogP contribution in [0, 0.1) is 12.7 Å². The van der Waals surface area contributed by atoms with Gasteiger partial charge in [-0.15, -0.1) is 11.3 Å². The van der Waals surface area contributed by atoms with Crippen molar-refractivity contribution >= 4 is 34.3 Å². The summed E-state index contributed by atoms with van der Waals surface area (Å²) in [7, 11) is 0. The Labute approximate surface area is 192 Å². The Hall–Kier alpha value is -3.59. The maximum atomic E-state index is 13.3. The first kappa shape index (κ1) is 21.3. The fraction of sp³-hybridized carbons (Fsp3) is 0.250. The second-order valence-electron chi connectivity index (χ2n) is 7.85. The van der Waals surface area contributed by atoms with Gasteiger partial charge in [0.2, 0.25) is 0 Å². The molecule has 1 aliphatic rings. The van der Waals surface area contributed by atoms with E-state index in [4.69, 9.17) is 9.26 Å². The lowest BCUT2D eigenvalue weighted by molar-refractivity contribution is -0.135. The highest BCUT2D eigenvalue weighted by atomic mass is 32.1. The average Bonchev–Trinajstić information content (AvgIpc) is 3.58. The van der Waals surface area contributed by atoms with Crippen LogP contribution in [0.3, 0.4) is 0 Å². The predicted octanol–water partition coefficient (Wildman–Crippen LogP) is 4.92. The third-order valence-corrected chi connectivity index (χ3v) is 6.72. The van der Waals surface area contributed by atoms with Crippen molar-refractivity contribution in [1.29, 1.82) is 0 Å². The van der Waals surface area contributed by atoms with Gasteiger partial charge in [-0.1, -0.05) is 11.2 Å². The van der Waals surface area contributed by atoms with Crippen molar-refractivity contribution in [2.75, 3.05) is 13.2 Å². The number of ether oxygens (including phenoxy) is 1. The molecule has 0 spiro atoms. The van der Waals surface area contributed by atoms with Gasteiger partial charge >= 0.3 is 5.97 Å². The Morgan fingerprint density at radius 1 is 1.27 bits per heavy atom. The Morgan fingerprint density at radius 3 is 2.85 bits per heavy atom. The number of hydrogen-bond acceptors (Lipinski definition) is 7. The van der Waals surface area contributed by atoms with Crippen molar-refractivity contribution < 1.29 is 23.2 Å². The van der Waals surface area contributed by atoms with Gasteiger partial charge in [0.05, 0.1) is 28.4 Å². The number of carbonyl (C=O) groups is 2. The molecule has 0 saturated carbocycles. The number of aryl methyl sites for hydroxylation is 1. The molecule has 1 unspecified atom stereocenters. The van der Waals surface area contributed by atoms with Crippen LogP contribution in [0.1, 0.15) is 39.8 Å². The molecule has 4 heterocycles. The zero-order valence-electron chi connectivity index (χ0n) is 17.8. The predicted molar refractivity (Wildman–Crippen MR) is 120 cm³/mol. The number of hydrogen-bond donors (Lipinski definition) is 0. The molecule has 168 valence electrons. The van der Waals surface area contributed by atoms with E-state index in [9.17, 15) is 14.0 Å². The normalized spacial score (nSPS) is 15.8. The van der Waals surface area contributed by atoms with Crippen molar-refractivity contribution in [1.82, 2.24) is 15.0 Å². The highest BCUT2D eigenvalue weighted by Gasteiger charge is 2.31. The molecule has 0 N–H and O–H groups in total. The van der Waals surface area contributed by atoms with Gasteiger partial charge in [-0.25, -0.2) is 14.2 Å². The molecule has 5 rings (SSSR count). The van der Waals surface area contributed by atoms with Gasteiger partial charge in [-0.2, -0.15) is 0 Å². The zero-order valence-corrected chi connectivity index (χ0v) is 18.6. The molecule has 0 aliphatic carbocycles. The number of rotatable bonds is 5. The van der Waals surface area contributed by atoms with Gasteiger partial charge < -0.3 is 14.2 Å². The zero-order chi connectivity index (χ0) is 22.9. The fourth-order valence-electron chi connectivity index (χ4n) is 4.15. The molecule has 7 nitrogen and oxygen atoms in total. The molecule has 9 heteroatoms. The number of fused-ring (bicyclic) bond motifs is 1. The maximum absolute atomic E-state index is 13.3. The number of nitrogens with zero attached hydrogens (tertiary/aromatic N) is 3. The second-order valence-corrected chi connectivity index (χ2v) is 8.83. The smallest absolute Gasteiger partial charge is 0.339 e. The van der Waals surface area contributed by atoms with Gasteiger partial charge in [0, 0.05) is 17.0 Å². The number of aromatic nitrogens is 2. The summed E-state index contributed by atoms with van der Waals surface area (Å²) < 4.78 is 24.0. The second kappa shape index (κ2) is 8.74. The van der Waals surface area contributed by atoms with Gasteiger partial charge in [-0.3, -0.25) is 4.79 Å². The minimum Gasteiger partial charge on any atom is -0.452 e. The first-order chi connectivity index (χ1) is 16.0. The van der Waals surface area contributed by atoms with Crippen molar-refractivity contribution in [3.8, 4) is 11.3 Å². The molecule has 1 aliphatic heterocycles. The van der Waals surface area contributed by atoms with Crippen LogP contribution >= 0.6 is 11.3 Å². The number of likely N-dealkylation sites (tertiary alicyclic amines) is 1. The van der Waals surface area contributed by atoms with Crippen LogP contribution in [-0.2, 0) is 9.53 Å². The number of pyridine rings is 1. The molecule has 1 aromatic carbocycles. The van der Waals surface area contributed by atoms with Crippen molar-refractivity contribution in [2.45, 2.75) is 25.8 Å². The summed E-state index contributed by atoms with van der Waals surface area (Å²) >= 11 is 1.62. The van der Waals surface area contributed by atoms with E-state index in [1.807, 2.05) is 17.5 Å². The molecule has 3 aromatic heterocycles. The summed E-state index contributed by atoms with van der Waals surface area (Å²) in [5.74, 6) is -1.28. The largest absolute Gasteiger partial charge is 0.452 e. The minimum absolute atomic E-state index is 0.0224. The Balaban J connectivity index is 1.38. The van der Waals surface area contributed by atoms with Crippen LogP contribution in [0.5, 0.6) is 0 Å². The van der Waals surface area contributed by atoms with E-state index in [0.29, 0.717) is 28.9 Å². The van der Waals surface area contributed by atoms with Crippen molar-refractivity contribution in [2.24, 2.45) is 0 Å². The van der Waals surface area contributed by atoms with Gasteiger partial charge in [-0.05, 0) is 61.5 Å². The van der Waals surface area contributed by atoms with Crippen LogP contribution in [0.15, 0.2) is 52.4 Å². The SMILES string of the molecule is Cc1noc2nc(-c3ccc(F)cc3)cc(C(=O)OCC(=O)N3CCCC3c3cccs3)c12. The Morgan fingerprint density at radius 2 is 2.09 bits per heavy atom. The third kappa shape index (κ3) is 4.11. The lowest BCUT2D eigenvalue weighted by Crippen LogP contribution is -2.34. The summed E-state index contributed by atoms with van der Waals surface area (Å²) in [6.45, 7) is 1.97. The summed E-state index contributed by atoms with van der Waals surface area (Å²) in [5.41, 5.74) is 1.87. The van der Waals surface area contributed by atoms with Crippen molar-refractivity contribution in [3.63, 3.8) is 0 Å². The van der Waals surface area contributed by atoms with Crippen LogP contribution in [0.2, 0.25) is 0 Å². The molecule has 1 amide bonds. The monoisotopic (exact) mass is 465 g/mol. The van der Waals surface area contributed by atoms with Gasteiger partial charge in [0.1, 0.15) is 5.82 Å². The summed E-state index contributed by atoms with van der Waals surface area (Å²) in [6.07, 6.45) is 1.81. The lowest BCUT2D eigenvalue weighted by atomic mass is 10.1. The first-order valence-electron chi connectivity index (χ1n) is 10.5. The standard InChI is InChI=1S/C24H20FN3O4S/c1-14-22-17(12-18(26-23(22)32-27-14)15-6-8-16(25)9-7-15)24(30)31-13-21(29)28-10-2-4-19(28)20-5-3-11-33-20/h3,5-9,11-12,19H,2,4,10,13H2,1H3. The molecule has 0 radical (unpaired) electrons. The molecule has 4 aromatic rings. The molecular weight excluding hydrogens is 445 g/mol. The summed E-state index contributed by atoms with van der Waals surface area (Å²) in [6, 6.07) is 11.3. The number of amides is 1. The van der Waals surface area contributed by atoms with E-state index in [2.05, 4.69) is 10.1 Å². The maximum Gasteiger partial charge on any atom is 0.339 e. The number of halogens is 1. The Kier molecular flexibility index (Phi) is 5.63. The topological polar surface area (TPSA) is 85.5 Å². The minimum atomic E-state index is -0.669. The van der Waals surface area contributed by atoms with E-state index in [1.54, 1.807) is 41.4 Å². The molecule has 1 saturated heterocycles. The van der Waals surface area contributed by atoms with E-state index in [0.717, 1.165) is 17.7 Å². The number of thiophene rings is 1. The Bertz CT molecular complexity index is 1320. The number of esters is 1. The average molecular weight is 466 g/mol. The van der Waals surface area contributed by atoms with Crippen LogP contribution < -0.4 is 0 Å². The number of benzene rings is 1. The van der Waals surface area contributed by atoms with Crippen LogP contribution in [-0.4, -0.2) is 40.1 Å². The van der Waals surface area contributed by atoms with Crippen LogP contribution in [0.4, 0.5) is 4.39 Å². The molecule has 1 atom stereocenters.